The molecule has 4 rings (SSSR count). The monoisotopic (exact) mass is 415 g/mol. The summed E-state index contributed by atoms with van der Waals surface area (Å²) in [6.07, 6.45) is 4.05. The molecule has 1 aromatic heterocycles. The molecule has 1 atom stereocenters. The zero-order valence-electron chi connectivity index (χ0n) is 15.8. The zero-order chi connectivity index (χ0) is 20.4. The van der Waals surface area contributed by atoms with Crippen LogP contribution in [-0.2, 0) is 9.59 Å². The van der Waals surface area contributed by atoms with Crippen molar-refractivity contribution in [2.24, 2.45) is 0 Å². The highest BCUT2D eigenvalue weighted by Gasteiger charge is 2.51. The predicted octanol–water partition coefficient (Wildman–Crippen LogP) is 3.35. The smallest absolute Gasteiger partial charge is 0.325 e. The SMILES string of the molecule is O=C(CN1C(=O)NC2(CCCCC2)C1=O)N[C@@H](c1ccc(F)cc1)c1cccs1. The number of halogens is 1. The lowest BCUT2D eigenvalue weighted by Crippen LogP contribution is -2.49. The summed E-state index contributed by atoms with van der Waals surface area (Å²) < 4.78 is 13.3. The van der Waals surface area contributed by atoms with E-state index in [1.54, 1.807) is 12.1 Å². The van der Waals surface area contributed by atoms with Crippen molar-refractivity contribution in [1.29, 1.82) is 0 Å². The van der Waals surface area contributed by atoms with E-state index >= 15 is 0 Å². The number of hydrogen-bond donors (Lipinski definition) is 2. The Labute approximate surface area is 172 Å². The fraction of sp³-hybridized carbons (Fsp3) is 0.381. The molecule has 6 nitrogen and oxygen atoms in total. The minimum atomic E-state index is -0.847. The molecule has 1 aromatic carbocycles. The first kappa shape index (κ1) is 19.6. The van der Waals surface area contributed by atoms with Crippen LogP contribution in [0, 0.1) is 5.82 Å². The van der Waals surface area contributed by atoms with Crippen LogP contribution >= 0.6 is 11.3 Å². The van der Waals surface area contributed by atoms with Crippen LogP contribution in [0.25, 0.3) is 0 Å². The van der Waals surface area contributed by atoms with Crippen molar-refractivity contribution < 1.29 is 18.8 Å². The molecule has 0 radical (unpaired) electrons. The van der Waals surface area contributed by atoms with Crippen molar-refractivity contribution in [2.45, 2.75) is 43.7 Å². The van der Waals surface area contributed by atoms with E-state index in [0.29, 0.717) is 12.8 Å². The summed E-state index contributed by atoms with van der Waals surface area (Å²) in [7, 11) is 0. The highest BCUT2D eigenvalue weighted by molar-refractivity contribution is 7.10. The lowest BCUT2D eigenvalue weighted by atomic mass is 9.82. The van der Waals surface area contributed by atoms with Gasteiger partial charge >= 0.3 is 6.03 Å². The Balaban J connectivity index is 1.49. The maximum atomic E-state index is 13.3. The van der Waals surface area contributed by atoms with Gasteiger partial charge in [-0.05, 0) is 42.0 Å². The Kier molecular flexibility index (Phi) is 5.36. The molecule has 152 valence electrons. The molecule has 2 heterocycles. The Morgan fingerprint density at radius 3 is 2.55 bits per heavy atom. The first-order chi connectivity index (χ1) is 14.0. The van der Waals surface area contributed by atoms with Gasteiger partial charge in [0.15, 0.2) is 0 Å². The number of urea groups is 1. The number of nitrogens with zero attached hydrogens (tertiary/aromatic N) is 1. The molecule has 29 heavy (non-hydrogen) atoms. The second-order valence-electron chi connectivity index (χ2n) is 7.53. The molecule has 0 bridgehead atoms. The number of amides is 4. The van der Waals surface area contributed by atoms with Crippen molar-refractivity contribution >= 4 is 29.2 Å². The van der Waals surface area contributed by atoms with Crippen molar-refractivity contribution in [3.63, 3.8) is 0 Å². The highest BCUT2D eigenvalue weighted by Crippen LogP contribution is 2.33. The van der Waals surface area contributed by atoms with Crippen molar-refractivity contribution in [2.75, 3.05) is 6.54 Å². The molecule has 8 heteroatoms. The van der Waals surface area contributed by atoms with E-state index in [4.69, 9.17) is 0 Å². The van der Waals surface area contributed by atoms with Gasteiger partial charge in [0, 0.05) is 4.88 Å². The quantitative estimate of drug-likeness (QED) is 0.735. The lowest BCUT2D eigenvalue weighted by molar-refractivity contribution is -0.136. The van der Waals surface area contributed by atoms with E-state index in [2.05, 4.69) is 10.6 Å². The van der Waals surface area contributed by atoms with Gasteiger partial charge in [-0.1, -0.05) is 37.5 Å². The molecular formula is C21H22FN3O3S. The van der Waals surface area contributed by atoms with Crippen molar-refractivity contribution in [3.8, 4) is 0 Å². The van der Waals surface area contributed by atoms with Crippen LogP contribution in [0.15, 0.2) is 41.8 Å². The average Bonchev–Trinajstić information content (AvgIpc) is 3.32. The Bertz CT molecular complexity index is 908. The van der Waals surface area contributed by atoms with Gasteiger partial charge in [-0.2, -0.15) is 0 Å². The molecule has 1 aliphatic heterocycles. The third-order valence-corrected chi connectivity index (χ3v) is 6.53. The number of thiophene rings is 1. The minimum Gasteiger partial charge on any atom is -0.343 e. The molecule has 1 saturated heterocycles. The minimum absolute atomic E-state index is 0.313. The summed E-state index contributed by atoms with van der Waals surface area (Å²) in [5.74, 6) is -1.11. The third kappa shape index (κ3) is 3.89. The van der Waals surface area contributed by atoms with Crippen molar-refractivity contribution in [1.82, 2.24) is 15.5 Å². The average molecular weight is 415 g/mol. The third-order valence-electron chi connectivity index (χ3n) is 5.59. The van der Waals surface area contributed by atoms with Crippen LogP contribution in [0.2, 0.25) is 0 Å². The standard InChI is InChI=1S/C21H22FN3O3S/c22-15-8-6-14(7-9-15)18(16-5-4-12-29-16)23-17(26)13-25-19(27)21(24-20(25)28)10-2-1-3-11-21/h4-9,12,18H,1-3,10-11,13H2,(H,23,26)(H,24,28)/t18-/m0/s1. The van der Waals surface area contributed by atoms with E-state index in [1.165, 1.54) is 23.5 Å². The van der Waals surface area contributed by atoms with E-state index < -0.39 is 23.5 Å². The fourth-order valence-corrected chi connectivity index (χ4v) is 4.90. The molecule has 2 fully saturated rings. The summed E-state index contributed by atoms with van der Waals surface area (Å²) in [5, 5.41) is 7.59. The van der Waals surface area contributed by atoms with Crippen LogP contribution in [0.5, 0.6) is 0 Å². The van der Waals surface area contributed by atoms with Crippen LogP contribution in [-0.4, -0.2) is 34.8 Å². The van der Waals surface area contributed by atoms with Crippen LogP contribution in [0.3, 0.4) is 0 Å². The number of rotatable bonds is 5. The Hall–Kier alpha value is -2.74. The summed E-state index contributed by atoms with van der Waals surface area (Å²) in [4.78, 5) is 39.9. The van der Waals surface area contributed by atoms with Gasteiger partial charge in [-0.15, -0.1) is 11.3 Å². The van der Waals surface area contributed by atoms with Gasteiger partial charge in [0.2, 0.25) is 5.91 Å². The Morgan fingerprint density at radius 2 is 1.90 bits per heavy atom. The first-order valence-corrected chi connectivity index (χ1v) is 10.6. The second-order valence-corrected chi connectivity index (χ2v) is 8.51. The maximum Gasteiger partial charge on any atom is 0.325 e. The van der Waals surface area contributed by atoms with Gasteiger partial charge < -0.3 is 10.6 Å². The summed E-state index contributed by atoms with van der Waals surface area (Å²) in [5.41, 5.74) is -0.122. The molecule has 2 aliphatic rings. The molecular weight excluding hydrogens is 393 g/mol. The summed E-state index contributed by atoms with van der Waals surface area (Å²) in [6.45, 7) is -0.338. The van der Waals surface area contributed by atoms with Gasteiger partial charge in [0.1, 0.15) is 17.9 Å². The second kappa shape index (κ2) is 7.94. The molecule has 2 aromatic rings. The molecule has 0 unspecified atom stereocenters. The van der Waals surface area contributed by atoms with Gasteiger partial charge in [-0.3, -0.25) is 14.5 Å². The van der Waals surface area contributed by atoms with E-state index in [0.717, 1.165) is 34.6 Å². The lowest BCUT2D eigenvalue weighted by Gasteiger charge is -2.30. The van der Waals surface area contributed by atoms with Crippen LogP contribution < -0.4 is 10.6 Å². The summed E-state index contributed by atoms with van der Waals surface area (Å²) in [6, 6.07) is 8.67. The van der Waals surface area contributed by atoms with Crippen LogP contribution in [0.1, 0.15) is 48.6 Å². The summed E-state index contributed by atoms with van der Waals surface area (Å²) >= 11 is 1.47. The van der Waals surface area contributed by atoms with Crippen LogP contribution in [0.4, 0.5) is 9.18 Å². The molecule has 1 saturated carbocycles. The number of nitrogens with one attached hydrogen (secondary N) is 2. The zero-order valence-corrected chi connectivity index (χ0v) is 16.6. The number of hydrogen-bond acceptors (Lipinski definition) is 4. The predicted molar refractivity (Wildman–Crippen MR) is 107 cm³/mol. The van der Waals surface area contributed by atoms with E-state index in [9.17, 15) is 18.8 Å². The number of imide groups is 1. The van der Waals surface area contributed by atoms with Crippen molar-refractivity contribution in [3.05, 3.63) is 58.0 Å². The topological polar surface area (TPSA) is 78.5 Å². The first-order valence-electron chi connectivity index (χ1n) is 9.71. The molecule has 1 spiro atoms. The maximum absolute atomic E-state index is 13.3. The number of benzene rings is 1. The highest BCUT2D eigenvalue weighted by atomic mass is 32.1. The van der Waals surface area contributed by atoms with Gasteiger partial charge in [-0.25, -0.2) is 9.18 Å². The van der Waals surface area contributed by atoms with E-state index in [1.807, 2.05) is 17.5 Å². The molecule has 4 amide bonds. The molecule has 2 N–H and O–H groups in total. The van der Waals surface area contributed by atoms with Gasteiger partial charge in [0.25, 0.3) is 5.91 Å². The molecule has 1 aliphatic carbocycles. The number of carbonyl (C=O) groups excluding carboxylic acids is 3. The van der Waals surface area contributed by atoms with Gasteiger partial charge in [0.05, 0.1) is 6.04 Å². The largest absolute Gasteiger partial charge is 0.343 e. The normalized spacial score (nSPS) is 19.3. The fourth-order valence-electron chi connectivity index (χ4n) is 4.09. The van der Waals surface area contributed by atoms with E-state index in [-0.39, 0.29) is 18.3 Å². The number of carbonyl (C=O) groups is 3. The Morgan fingerprint density at radius 1 is 1.17 bits per heavy atom.